The number of nitrogens with zero attached hydrogens (tertiary/aromatic N) is 1. The van der Waals surface area contributed by atoms with Gasteiger partial charge in [-0.3, -0.25) is 0 Å². The van der Waals surface area contributed by atoms with Crippen molar-refractivity contribution >= 4 is 17.6 Å². The van der Waals surface area contributed by atoms with E-state index in [0.29, 0.717) is 5.92 Å². The van der Waals surface area contributed by atoms with Crippen LogP contribution in [0.2, 0.25) is 0 Å². The summed E-state index contributed by atoms with van der Waals surface area (Å²) in [6, 6.07) is 14.6. The van der Waals surface area contributed by atoms with E-state index in [-0.39, 0.29) is 5.84 Å². The van der Waals surface area contributed by atoms with Crippen molar-refractivity contribution in [3.8, 4) is 0 Å². The van der Waals surface area contributed by atoms with Crippen LogP contribution in [0.3, 0.4) is 0 Å². The summed E-state index contributed by atoms with van der Waals surface area (Å²) in [5.41, 5.74) is 8.74. The highest BCUT2D eigenvalue weighted by molar-refractivity contribution is 7.99. The van der Waals surface area contributed by atoms with Gasteiger partial charge in [-0.2, -0.15) is 0 Å². The molecule has 0 aliphatic heterocycles. The fourth-order valence-electron chi connectivity index (χ4n) is 2.10. The Kier molecular flexibility index (Phi) is 4.91. The molecule has 0 heterocycles. The molecule has 4 heteroatoms. The first-order valence-electron chi connectivity index (χ1n) is 6.87. The van der Waals surface area contributed by atoms with Crippen molar-refractivity contribution < 1.29 is 5.21 Å². The topological polar surface area (TPSA) is 58.6 Å². The fraction of sp³-hybridized carbons (Fsp3) is 0.235. The monoisotopic (exact) mass is 300 g/mol. The lowest BCUT2D eigenvalue weighted by Gasteiger charge is -2.09. The number of rotatable bonds is 4. The zero-order chi connectivity index (χ0) is 15.4. The summed E-state index contributed by atoms with van der Waals surface area (Å²) in [4.78, 5) is 2.34. The second-order valence-electron chi connectivity index (χ2n) is 5.29. The zero-order valence-corrected chi connectivity index (χ0v) is 13.3. The van der Waals surface area contributed by atoms with Gasteiger partial charge in [0.2, 0.25) is 0 Å². The van der Waals surface area contributed by atoms with Crippen molar-refractivity contribution in [2.75, 3.05) is 0 Å². The minimum absolute atomic E-state index is 0.144. The SMILES string of the molecule is Cc1cc(Sc2ccc(C(C)C)cc2)ccc1/C(N)=N/O. The number of benzene rings is 2. The molecule has 0 saturated carbocycles. The van der Waals surface area contributed by atoms with Crippen molar-refractivity contribution in [1.82, 2.24) is 0 Å². The Bertz CT molecular complexity index is 648. The average Bonchev–Trinajstić information content (AvgIpc) is 2.47. The smallest absolute Gasteiger partial charge is 0.170 e. The predicted molar refractivity (Wildman–Crippen MR) is 88.3 cm³/mol. The van der Waals surface area contributed by atoms with Crippen LogP contribution >= 0.6 is 11.8 Å². The van der Waals surface area contributed by atoms with Crippen molar-refractivity contribution in [3.05, 3.63) is 59.2 Å². The van der Waals surface area contributed by atoms with Gasteiger partial charge in [-0.1, -0.05) is 42.9 Å². The summed E-state index contributed by atoms with van der Waals surface area (Å²) in [6.45, 7) is 6.34. The summed E-state index contributed by atoms with van der Waals surface area (Å²) < 4.78 is 0. The van der Waals surface area contributed by atoms with E-state index < -0.39 is 0 Å². The van der Waals surface area contributed by atoms with Gasteiger partial charge in [0.1, 0.15) is 0 Å². The Morgan fingerprint density at radius 1 is 1.10 bits per heavy atom. The standard InChI is InChI=1S/C17H20N2OS/c1-11(2)13-4-6-14(7-5-13)21-15-8-9-16(12(3)10-15)17(18)19-20/h4-11,20H,1-3H3,(H2,18,19). The van der Waals surface area contributed by atoms with Crippen molar-refractivity contribution in [2.45, 2.75) is 36.5 Å². The zero-order valence-electron chi connectivity index (χ0n) is 12.5. The quantitative estimate of drug-likeness (QED) is 0.381. The van der Waals surface area contributed by atoms with Crippen LogP contribution in [0.4, 0.5) is 0 Å². The number of hydrogen-bond acceptors (Lipinski definition) is 3. The van der Waals surface area contributed by atoms with Crippen LogP contribution in [0.1, 0.15) is 36.5 Å². The van der Waals surface area contributed by atoms with Gasteiger partial charge in [-0.05, 0) is 54.3 Å². The lowest BCUT2D eigenvalue weighted by atomic mass is 10.0. The summed E-state index contributed by atoms with van der Waals surface area (Å²) in [6.07, 6.45) is 0. The molecule has 0 spiro atoms. The Morgan fingerprint density at radius 2 is 1.71 bits per heavy atom. The first-order valence-corrected chi connectivity index (χ1v) is 7.69. The number of oxime groups is 1. The van der Waals surface area contributed by atoms with Crippen molar-refractivity contribution in [3.63, 3.8) is 0 Å². The van der Waals surface area contributed by atoms with E-state index in [1.54, 1.807) is 11.8 Å². The van der Waals surface area contributed by atoms with Gasteiger partial charge in [-0.25, -0.2) is 0 Å². The number of nitrogens with two attached hydrogens (primary N) is 1. The molecular weight excluding hydrogens is 280 g/mol. The second-order valence-corrected chi connectivity index (χ2v) is 6.43. The molecule has 2 rings (SSSR count). The molecule has 21 heavy (non-hydrogen) atoms. The highest BCUT2D eigenvalue weighted by Crippen LogP contribution is 2.30. The second kappa shape index (κ2) is 6.68. The van der Waals surface area contributed by atoms with Crippen LogP contribution in [-0.4, -0.2) is 11.0 Å². The minimum Gasteiger partial charge on any atom is -0.409 e. The lowest BCUT2D eigenvalue weighted by molar-refractivity contribution is 0.318. The van der Waals surface area contributed by atoms with Gasteiger partial charge in [-0.15, -0.1) is 0 Å². The molecule has 0 aliphatic carbocycles. The van der Waals surface area contributed by atoms with Crippen molar-refractivity contribution in [2.24, 2.45) is 10.9 Å². The van der Waals surface area contributed by atoms with E-state index in [2.05, 4.69) is 43.3 Å². The molecule has 110 valence electrons. The third-order valence-electron chi connectivity index (χ3n) is 3.36. The Balaban J connectivity index is 2.18. The fourth-order valence-corrected chi connectivity index (χ4v) is 3.01. The maximum Gasteiger partial charge on any atom is 0.170 e. The van der Waals surface area contributed by atoms with E-state index >= 15 is 0 Å². The number of hydrogen-bond donors (Lipinski definition) is 2. The first kappa shape index (κ1) is 15.4. The largest absolute Gasteiger partial charge is 0.409 e. The van der Waals surface area contributed by atoms with Gasteiger partial charge in [0, 0.05) is 15.4 Å². The normalized spacial score (nSPS) is 11.9. The number of amidine groups is 1. The van der Waals surface area contributed by atoms with Gasteiger partial charge in [0.25, 0.3) is 0 Å². The highest BCUT2D eigenvalue weighted by atomic mass is 32.2. The van der Waals surface area contributed by atoms with E-state index in [1.165, 1.54) is 10.5 Å². The lowest BCUT2D eigenvalue weighted by Crippen LogP contribution is -2.14. The van der Waals surface area contributed by atoms with Gasteiger partial charge < -0.3 is 10.9 Å². The molecule has 0 saturated heterocycles. The molecule has 3 N–H and O–H groups in total. The molecule has 0 unspecified atom stereocenters. The Hall–Kier alpha value is -1.94. The van der Waals surface area contributed by atoms with Crippen LogP contribution < -0.4 is 5.73 Å². The molecule has 2 aromatic rings. The molecule has 2 aromatic carbocycles. The van der Waals surface area contributed by atoms with Crippen LogP contribution in [0, 0.1) is 6.92 Å². The molecule has 0 amide bonds. The molecule has 3 nitrogen and oxygen atoms in total. The average molecular weight is 300 g/mol. The molecular formula is C17H20N2OS. The third kappa shape index (κ3) is 3.79. The minimum atomic E-state index is 0.144. The van der Waals surface area contributed by atoms with E-state index in [4.69, 9.17) is 10.9 Å². The Morgan fingerprint density at radius 3 is 2.24 bits per heavy atom. The van der Waals surface area contributed by atoms with Gasteiger partial charge in [0.15, 0.2) is 5.84 Å². The van der Waals surface area contributed by atoms with Crippen LogP contribution in [0.25, 0.3) is 0 Å². The van der Waals surface area contributed by atoms with Crippen LogP contribution in [-0.2, 0) is 0 Å². The molecule has 0 aliphatic rings. The maximum atomic E-state index is 8.75. The highest BCUT2D eigenvalue weighted by Gasteiger charge is 2.06. The molecule has 0 fully saturated rings. The summed E-state index contributed by atoms with van der Waals surface area (Å²) >= 11 is 1.71. The summed E-state index contributed by atoms with van der Waals surface area (Å²) in [5.74, 6) is 0.691. The van der Waals surface area contributed by atoms with Crippen molar-refractivity contribution in [1.29, 1.82) is 0 Å². The van der Waals surface area contributed by atoms with Crippen LogP contribution in [0.15, 0.2) is 57.4 Å². The van der Waals surface area contributed by atoms with Crippen LogP contribution in [0.5, 0.6) is 0 Å². The first-order chi connectivity index (χ1) is 10.0. The molecule has 0 bridgehead atoms. The Labute approximate surface area is 129 Å². The van der Waals surface area contributed by atoms with Gasteiger partial charge in [0.05, 0.1) is 0 Å². The predicted octanol–water partition coefficient (Wildman–Crippen LogP) is 4.36. The number of aryl methyl sites for hydroxylation is 1. The molecule has 0 atom stereocenters. The third-order valence-corrected chi connectivity index (χ3v) is 4.36. The van der Waals surface area contributed by atoms with E-state index in [1.807, 2.05) is 25.1 Å². The van der Waals surface area contributed by atoms with Gasteiger partial charge >= 0.3 is 0 Å². The molecule has 0 radical (unpaired) electrons. The van der Waals surface area contributed by atoms with E-state index in [0.717, 1.165) is 16.0 Å². The summed E-state index contributed by atoms with van der Waals surface area (Å²) in [5, 5.41) is 11.8. The summed E-state index contributed by atoms with van der Waals surface area (Å²) in [7, 11) is 0. The van der Waals surface area contributed by atoms with E-state index in [9.17, 15) is 0 Å². The molecule has 0 aromatic heterocycles. The maximum absolute atomic E-state index is 8.75.